The number of fused-ring (bicyclic) bond motifs is 3. The third-order valence-corrected chi connectivity index (χ3v) is 4.99. The molecule has 3 nitrogen and oxygen atoms in total. The summed E-state index contributed by atoms with van der Waals surface area (Å²) < 4.78 is 0. The van der Waals surface area contributed by atoms with E-state index in [1.54, 1.807) is 12.1 Å². The molecule has 3 unspecified atom stereocenters. The van der Waals surface area contributed by atoms with Crippen LogP contribution >= 0.6 is 0 Å². The molecule has 0 fully saturated rings. The zero-order chi connectivity index (χ0) is 15.3. The van der Waals surface area contributed by atoms with E-state index in [4.69, 9.17) is 0 Å². The van der Waals surface area contributed by atoms with Gasteiger partial charge < -0.3 is 15.5 Å². The van der Waals surface area contributed by atoms with Gasteiger partial charge in [0.05, 0.1) is 11.7 Å². The van der Waals surface area contributed by atoms with Crippen molar-refractivity contribution in [1.82, 2.24) is 0 Å². The second kappa shape index (κ2) is 4.80. The number of nitrogens with one attached hydrogen (secondary N) is 1. The van der Waals surface area contributed by atoms with Gasteiger partial charge in [0.1, 0.15) is 11.5 Å². The number of benzene rings is 2. The Kier molecular flexibility index (Phi) is 2.89. The van der Waals surface area contributed by atoms with Gasteiger partial charge in [-0.3, -0.25) is 0 Å². The van der Waals surface area contributed by atoms with Crippen molar-refractivity contribution < 1.29 is 10.2 Å². The van der Waals surface area contributed by atoms with E-state index < -0.39 is 0 Å². The molecule has 4 rings (SSSR count). The third kappa shape index (κ3) is 1.82. The summed E-state index contributed by atoms with van der Waals surface area (Å²) in [7, 11) is 0. The average Bonchev–Trinajstić information content (AvgIpc) is 3.00. The lowest BCUT2D eigenvalue weighted by molar-refractivity contribution is 0.395. The predicted octanol–water partition coefficient (Wildman–Crippen LogP) is 4.23. The summed E-state index contributed by atoms with van der Waals surface area (Å²) in [6, 6.07) is 11.2. The van der Waals surface area contributed by atoms with Crippen LogP contribution in [0.25, 0.3) is 0 Å². The highest BCUT2D eigenvalue weighted by Crippen LogP contribution is 2.53. The second-order valence-corrected chi connectivity index (χ2v) is 6.22. The van der Waals surface area contributed by atoms with Crippen LogP contribution in [0.5, 0.6) is 11.5 Å². The minimum Gasteiger partial charge on any atom is -0.508 e. The molecule has 2 aromatic rings. The van der Waals surface area contributed by atoms with Crippen LogP contribution in [0.4, 0.5) is 5.69 Å². The van der Waals surface area contributed by atoms with E-state index in [0.717, 1.165) is 17.7 Å². The topological polar surface area (TPSA) is 52.5 Å². The monoisotopic (exact) mass is 293 g/mol. The molecule has 0 spiro atoms. The molecule has 0 bridgehead atoms. The highest BCUT2D eigenvalue weighted by Gasteiger charge is 2.40. The zero-order valence-electron chi connectivity index (χ0n) is 12.5. The van der Waals surface area contributed by atoms with Gasteiger partial charge >= 0.3 is 0 Å². The number of anilines is 1. The van der Waals surface area contributed by atoms with Crippen molar-refractivity contribution in [2.24, 2.45) is 5.92 Å². The number of phenols is 2. The molecule has 0 radical (unpaired) electrons. The summed E-state index contributed by atoms with van der Waals surface area (Å²) in [5.74, 6) is 1.23. The van der Waals surface area contributed by atoms with Gasteiger partial charge in [0, 0.05) is 11.5 Å². The van der Waals surface area contributed by atoms with E-state index in [2.05, 4.69) is 24.4 Å². The molecule has 3 N–H and O–H groups in total. The first-order chi connectivity index (χ1) is 10.7. The van der Waals surface area contributed by atoms with Crippen molar-refractivity contribution >= 4 is 5.69 Å². The highest BCUT2D eigenvalue weighted by atomic mass is 16.3. The van der Waals surface area contributed by atoms with E-state index in [-0.39, 0.29) is 17.7 Å². The smallest absolute Gasteiger partial charge is 0.139 e. The Bertz CT molecular complexity index is 766. The maximum atomic E-state index is 10.3. The summed E-state index contributed by atoms with van der Waals surface area (Å²) in [5.41, 5.74) is 4.08. The normalized spacial score (nSPS) is 25.4. The minimum atomic E-state index is 0.00130. The minimum absolute atomic E-state index is 0.00130. The van der Waals surface area contributed by atoms with Crippen molar-refractivity contribution in [3.8, 4) is 11.5 Å². The summed E-state index contributed by atoms with van der Waals surface area (Å²) in [4.78, 5) is 0. The first kappa shape index (κ1) is 13.3. The number of hydrogen-bond acceptors (Lipinski definition) is 3. The number of aryl methyl sites for hydroxylation is 1. The Morgan fingerprint density at radius 3 is 2.68 bits per heavy atom. The fourth-order valence-corrected chi connectivity index (χ4v) is 3.94. The van der Waals surface area contributed by atoms with Crippen molar-refractivity contribution in [3.05, 3.63) is 65.2 Å². The van der Waals surface area contributed by atoms with Gasteiger partial charge in [0.2, 0.25) is 0 Å². The van der Waals surface area contributed by atoms with E-state index in [1.165, 1.54) is 11.1 Å². The third-order valence-electron chi connectivity index (χ3n) is 4.99. The molecule has 3 atom stereocenters. The molecule has 0 amide bonds. The van der Waals surface area contributed by atoms with Crippen LogP contribution in [0.2, 0.25) is 0 Å². The maximum Gasteiger partial charge on any atom is 0.139 e. The quantitative estimate of drug-likeness (QED) is 0.544. The number of rotatable bonds is 1. The van der Waals surface area contributed by atoms with Crippen molar-refractivity contribution in [1.29, 1.82) is 0 Å². The molecule has 0 saturated carbocycles. The molecule has 112 valence electrons. The summed E-state index contributed by atoms with van der Waals surface area (Å²) in [6.07, 6.45) is 5.43. The standard InChI is InChI=1S/C19H19NO2/c1-11-9-10-16(22)19-17(11)12-6-4-7-13(12)18(20-19)14-5-2-3-8-15(14)21/h2-6,8-10,12-13,18,20-22H,7H2,1H3. The molecule has 1 aliphatic carbocycles. The SMILES string of the molecule is Cc1ccc(O)c2c1C1C=CCC1C(c1ccccc1O)N2. The molecular formula is C19H19NO2. The van der Waals surface area contributed by atoms with Crippen LogP contribution in [0.1, 0.15) is 35.1 Å². The first-order valence-corrected chi connectivity index (χ1v) is 7.70. The molecule has 3 heteroatoms. The number of allylic oxidation sites excluding steroid dienone is 2. The molecule has 22 heavy (non-hydrogen) atoms. The van der Waals surface area contributed by atoms with Gasteiger partial charge in [-0.25, -0.2) is 0 Å². The fourth-order valence-electron chi connectivity index (χ4n) is 3.94. The van der Waals surface area contributed by atoms with Crippen LogP contribution in [0.3, 0.4) is 0 Å². The maximum absolute atomic E-state index is 10.3. The van der Waals surface area contributed by atoms with Gasteiger partial charge in [0.25, 0.3) is 0 Å². The molecular weight excluding hydrogens is 274 g/mol. The summed E-state index contributed by atoms with van der Waals surface area (Å²) in [6.45, 7) is 2.09. The number of aromatic hydroxyl groups is 2. The Hall–Kier alpha value is -2.42. The molecule has 2 aromatic carbocycles. The molecule has 0 saturated heterocycles. The van der Waals surface area contributed by atoms with Crippen LogP contribution in [0.15, 0.2) is 48.6 Å². The second-order valence-electron chi connectivity index (χ2n) is 6.22. The van der Waals surface area contributed by atoms with Crippen LogP contribution < -0.4 is 5.32 Å². The first-order valence-electron chi connectivity index (χ1n) is 7.70. The van der Waals surface area contributed by atoms with Gasteiger partial charge in [-0.2, -0.15) is 0 Å². The Morgan fingerprint density at radius 1 is 1.05 bits per heavy atom. The van der Waals surface area contributed by atoms with Crippen LogP contribution in [-0.2, 0) is 0 Å². The van der Waals surface area contributed by atoms with Gasteiger partial charge in [-0.1, -0.05) is 36.4 Å². The van der Waals surface area contributed by atoms with E-state index in [9.17, 15) is 10.2 Å². The van der Waals surface area contributed by atoms with Crippen molar-refractivity contribution in [3.63, 3.8) is 0 Å². The summed E-state index contributed by atoms with van der Waals surface area (Å²) >= 11 is 0. The van der Waals surface area contributed by atoms with Crippen LogP contribution in [-0.4, -0.2) is 10.2 Å². The predicted molar refractivity (Wildman–Crippen MR) is 87.3 cm³/mol. The highest BCUT2D eigenvalue weighted by molar-refractivity contribution is 5.69. The summed E-state index contributed by atoms with van der Waals surface area (Å²) in [5, 5.41) is 24.0. The van der Waals surface area contributed by atoms with Gasteiger partial charge in [-0.05, 0) is 42.5 Å². The lowest BCUT2D eigenvalue weighted by Gasteiger charge is -2.38. The van der Waals surface area contributed by atoms with E-state index >= 15 is 0 Å². The number of hydrogen-bond donors (Lipinski definition) is 3. The number of phenolic OH excluding ortho intramolecular Hbond substituents is 2. The molecule has 1 heterocycles. The Balaban J connectivity index is 1.88. The van der Waals surface area contributed by atoms with Gasteiger partial charge in [0.15, 0.2) is 0 Å². The van der Waals surface area contributed by atoms with E-state index in [0.29, 0.717) is 11.7 Å². The number of para-hydroxylation sites is 1. The lowest BCUT2D eigenvalue weighted by atomic mass is 9.75. The average molecular weight is 293 g/mol. The molecule has 1 aliphatic heterocycles. The van der Waals surface area contributed by atoms with Crippen molar-refractivity contribution in [2.75, 3.05) is 5.32 Å². The molecule has 0 aromatic heterocycles. The molecule has 2 aliphatic rings. The Labute approximate surface area is 129 Å². The largest absolute Gasteiger partial charge is 0.508 e. The zero-order valence-corrected chi connectivity index (χ0v) is 12.5. The van der Waals surface area contributed by atoms with Crippen molar-refractivity contribution in [2.45, 2.75) is 25.3 Å². The van der Waals surface area contributed by atoms with E-state index in [1.807, 2.05) is 24.3 Å². The van der Waals surface area contributed by atoms with Crippen LogP contribution in [0, 0.1) is 12.8 Å². The fraction of sp³-hybridized carbons (Fsp3) is 0.263. The lowest BCUT2D eigenvalue weighted by Crippen LogP contribution is -2.29. The Morgan fingerprint density at radius 2 is 1.86 bits per heavy atom. The van der Waals surface area contributed by atoms with Gasteiger partial charge in [-0.15, -0.1) is 0 Å².